The van der Waals surface area contributed by atoms with Gasteiger partial charge in [0.05, 0.1) is 0 Å². The predicted molar refractivity (Wildman–Crippen MR) is 69.8 cm³/mol. The van der Waals surface area contributed by atoms with Gasteiger partial charge in [-0.15, -0.1) is 0 Å². The molecule has 0 saturated carbocycles. The van der Waals surface area contributed by atoms with Gasteiger partial charge in [0.25, 0.3) is 0 Å². The average molecular weight is 262 g/mol. The number of nitrogens with zero attached hydrogens (tertiary/aromatic N) is 1. The monoisotopic (exact) mass is 262 g/mol. The molecular weight excluding hydrogens is 244 g/mol. The molecule has 5 heteroatoms. The maximum absolute atomic E-state index is 11.9. The first-order chi connectivity index (χ1) is 9.16. The average Bonchev–Trinajstić information content (AvgIpc) is 2.46. The van der Waals surface area contributed by atoms with Crippen molar-refractivity contribution in [2.45, 2.75) is 32.4 Å². The second-order valence-corrected chi connectivity index (χ2v) is 4.59. The van der Waals surface area contributed by atoms with Gasteiger partial charge in [-0.25, -0.2) is 5.43 Å². The Morgan fingerprint density at radius 3 is 2.79 bits per heavy atom. The molecule has 5 nitrogen and oxygen atoms in total. The summed E-state index contributed by atoms with van der Waals surface area (Å²) in [5, 5.41) is 1.47. The molecule has 0 aromatic heterocycles. The molecular formula is C14H18N2O3. The van der Waals surface area contributed by atoms with Gasteiger partial charge >= 0.3 is 5.97 Å². The van der Waals surface area contributed by atoms with Crippen LogP contribution in [-0.4, -0.2) is 29.5 Å². The van der Waals surface area contributed by atoms with Crippen molar-refractivity contribution in [3.8, 4) is 0 Å². The molecule has 1 atom stereocenters. The van der Waals surface area contributed by atoms with E-state index in [0.29, 0.717) is 13.0 Å². The third-order valence-corrected chi connectivity index (χ3v) is 3.07. The Morgan fingerprint density at radius 2 is 2.11 bits per heavy atom. The summed E-state index contributed by atoms with van der Waals surface area (Å²) in [5.41, 5.74) is 3.85. The summed E-state index contributed by atoms with van der Waals surface area (Å²) in [4.78, 5) is 23.2. The van der Waals surface area contributed by atoms with Crippen LogP contribution in [0.25, 0.3) is 0 Å². The molecule has 1 saturated heterocycles. The van der Waals surface area contributed by atoms with E-state index < -0.39 is 6.04 Å². The molecule has 1 N–H and O–H groups in total. The molecule has 0 bridgehead atoms. The minimum atomic E-state index is -0.429. The van der Waals surface area contributed by atoms with Gasteiger partial charge in [-0.3, -0.25) is 14.6 Å². The number of ether oxygens (including phenoxy) is 1. The van der Waals surface area contributed by atoms with Crippen molar-refractivity contribution >= 4 is 11.9 Å². The summed E-state index contributed by atoms with van der Waals surface area (Å²) >= 11 is 0. The zero-order valence-electron chi connectivity index (χ0n) is 11.0. The molecule has 0 radical (unpaired) electrons. The van der Waals surface area contributed by atoms with E-state index in [0.717, 1.165) is 12.0 Å². The summed E-state index contributed by atoms with van der Waals surface area (Å²) in [6, 6.07) is 9.10. The molecule has 1 aromatic carbocycles. The Bertz CT molecular complexity index is 447. The first-order valence-electron chi connectivity index (χ1n) is 6.41. The first-order valence-corrected chi connectivity index (χ1v) is 6.41. The molecule has 0 spiro atoms. The van der Waals surface area contributed by atoms with Crippen molar-refractivity contribution in [2.24, 2.45) is 0 Å². The van der Waals surface area contributed by atoms with E-state index in [9.17, 15) is 9.59 Å². The number of nitrogens with one attached hydrogen (secondary N) is 1. The van der Waals surface area contributed by atoms with E-state index in [2.05, 4.69) is 5.43 Å². The third kappa shape index (κ3) is 3.79. The Kier molecular flexibility index (Phi) is 4.52. The van der Waals surface area contributed by atoms with Crippen LogP contribution in [0.15, 0.2) is 30.3 Å². The minimum absolute atomic E-state index is 0.0828. The van der Waals surface area contributed by atoms with Gasteiger partial charge in [0, 0.05) is 13.5 Å². The van der Waals surface area contributed by atoms with Crippen LogP contribution in [-0.2, 0) is 20.9 Å². The summed E-state index contributed by atoms with van der Waals surface area (Å²) in [6.45, 7) is 2.38. The maximum Gasteiger partial charge on any atom is 0.325 e. The summed E-state index contributed by atoms with van der Waals surface area (Å²) in [5.74, 6) is -0.393. The van der Waals surface area contributed by atoms with Gasteiger partial charge < -0.3 is 4.74 Å². The van der Waals surface area contributed by atoms with E-state index in [-0.39, 0.29) is 18.5 Å². The highest BCUT2D eigenvalue weighted by Gasteiger charge is 2.27. The normalized spacial score (nSPS) is 19.0. The van der Waals surface area contributed by atoms with Crippen molar-refractivity contribution in [1.82, 2.24) is 10.4 Å². The van der Waals surface area contributed by atoms with Gasteiger partial charge in [0.2, 0.25) is 5.91 Å². The van der Waals surface area contributed by atoms with Crippen LogP contribution in [0.3, 0.4) is 0 Å². The summed E-state index contributed by atoms with van der Waals surface area (Å²) in [6.07, 6.45) is 1.50. The molecule has 1 heterocycles. The summed E-state index contributed by atoms with van der Waals surface area (Å²) in [7, 11) is 0. The molecule has 0 aliphatic carbocycles. The van der Waals surface area contributed by atoms with Gasteiger partial charge in [-0.1, -0.05) is 30.3 Å². The lowest BCUT2D eigenvalue weighted by Gasteiger charge is -2.31. The highest BCUT2D eigenvalue weighted by molar-refractivity contribution is 5.78. The first kappa shape index (κ1) is 13.5. The number of hydrogen-bond donors (Lipinski definition) is 1. The number of carbonyl (C=O) groups excluding carboxylic acids is 2. The largest absolute Gasteiger partial charge is 0.460 e. The standard InChI is InChI=1S/C14H18N2O3/c1-11(17)16-9-5-8-13(15-16)14(18)19-10-12-6-3-2-4-7-12/h2-4,6-7,13,15H,5,8-10H2,1H3/t13-/m1/s1. The van der Waals surface area contributed by atoms with Gasteiger partial charge in [-0.2, -0.15) is 0 Å². The molecule has 102 valence electrons. The lowest BCUT2D eigenvalue weighted by molar-refractivity contribution is -0.152. The Labute approximate surface area is 112 Å². The molecule has 0 unspecified atom stereocenters. The molecule has 1 amide bonds. The quantitative estimate of drug-likeness (QED) is 0.833. The van der Waals surface area contributed by atoms with Crippen LogP contribution in [0, 0.1) is 0 Å². The molecule has 1 fully saturated rings. The number of carbonyl (C=O) groups is 2. The Hall–Kier alpha value is -1.88. The smallest absolute Gasteiger partial charge is 0.325 e. The van der Waals surface area contributed by atoms with Gasteiger partial charge in [0.1, 0.15) is 12.6 Å². The van der Waals surface area contributed by atoms with Gasteiger partial charge in [0.15, 0.2) is 0 Å². The van der Waals surface area contributed by atoms with E-state index in [1.807, 2.05) is 30.3 Å². The van der Waals surface area contributed by atoms with Crippen molar-refractivity contribution in [1.29, 1.82) is 0 Å². The van der Waals surface area contributed by atoms with Crippen molar-refractivity contribution in [2.75, 3.05) is 6.54 Å². The molecule has 19 heavy (non-hydrogen) atoms. The van der Waals surface area contributed by atoms with Gasteiger partial charge in [-0.05, 0) is 18.4 Å². The van der Waals surface area contributed by atoms with Crippen LogP contribution >= 0.6 is 0 Å². The highest BCUT2D eigenvalue weighted by atomic mass is 16.5. The SMILES string of the molecule is CC(=O)N1CCC[C@H](C(=O)OCc2ccccc2)N1. The van der Waals surface area contributed by atoms with E-state index in [1.54, 1.807) is 0 Å². The van der Waals surface area contributed by atoms with Crippen LogP contribution in [0.1, 0.15) is 25.3 Å². The molecule has 2 rings (SSSR count). The lowest BCUT2D eigenvalue weighted by Crippen LogP contribution is -2.54. The minimum Gasteiger partial charge on any atom is -0.460 e. The zero-order chi connectivity index (χ0) is 13.7. The number of amides is 1. The zero-order valence-corrected chi connectivity index (χ0v) is 11.0. The molecule has 1 aliphatic rings. The van der Waals surface area contributed by atoms with E-state index >= 15 is 0 Å². The Morgan fingerprint density at radius 1 is 1.37 bits per heavy atom. The summed E-state index contributed by atoms with van der Waals surface area (Å²) < 4.78 is 5.26. The molecule has 1 aliphatic heterocycles. The second kappa shape index (κ2) is 6.33. The maximum atomic E-state index is 11.9. The van der Waals surface area contributed by atoms with E-state index in [4.69, 9.17) is 4.74 Å². The van der Waals surface area contributed by atoms with Crippen molar-refractivity contribution < 1.29 is 14.3 Å². The lowest BCUT2D eigenvalue weighted by atomic mass is 10.1. The highest BCUT2D eigenvalue weighted by Crippen LogP contribution is 2.10. The number of esters is 1. The van der Waals surface area contributed by atoms with Crippen LogP contribution in [0.2, 0.25) is 0 Å². The number of benzene rings is 1. The fraction of sp³-hybridized carbons (Fsp3) is 0.429. The van der Waals surface area contributed by atoms with Crippen molar-refractivity contribution in [3.05, 3.63) is 35.9 Å². The number of rotatable bonds is 3. The fourth-order valence-electron chi connectivity index (χ4n) is 2.02. The number of hydrogen-bond acceptors (Lipinski definition) is 4. The van der Waals surface area contributed by atoms with E-state index in [1.165, 1.54) is 11.9 Å². The molecule has 1 aromatic rings. The van der Waals surface area contributed by atoms with Crippen LogP contribution in [0.5, 0.6) is 0 Å². The Balaban J connectivity index is 1.84. The third-order valence-electron chi connectivity index (χ3n) is 3.07. The van der Waals surface area contributed by atoms with Crippen LogP contribution < -0.4 is 5.43 Å². The topological polar surface area (TPSA) is 58.6 Å². The number of hydrazine groups is 1. The predicted octanol–water partition coefficient (Wildman–Crippen LogP) is 1.25. The fourth-order valence-corrected chi connectivity index (χ4v) is 2.02. The van der Waals surface area contributed by atoms with Crippen molar-refractivity contribution in [3.63, 3.8) is 0 Å². The van der Waals surface area contributed by atoms with Crippen LogP contribution in [0.4, 0.5) is 0 Å². The second-order valence-electron chi connectivity index (χ2n) is 4.59.